The van der Waals surface area contributed by atoms with E-state index in [1.165, 1.54) is 0 Å². The van der Waals surface area contributed by atoms with E-state index in [0.29, 0.717) is 18.1 Å². The summed E-state index contributed by atoms with van der Waals surface area (Å²) in [5.74, 6) is 1.21. The third-order valence-corrected chi connectivity index (χ3v) is 3.44. The summed E-state index contributed by atoms with van der Waals surface area (Å²) in [6, 6.07) is 14.9. The third-order valence-electron chi connectivity index (χ3n) is 3.44. The number of carbonyl (C=O) groups is 1. The average Bonchev–Trinajstić information content (AvgIpc) is 3.15. The molecule has 1 atom stereocenters. The lowest BCUT2D eigenvalue weighted by molar-refractivity contribution is -0.127. The van der Waals surface area contributed by atoms with Crippen LogP contribution in [0.4, 0.5) is 0 Å². The molecule has 0 saturated heterocycles. The molecular formula is C18H18N4O2. The maximum atomic E-state index is 12.2. The first-order valence-electron chi connectivity index (χ1n) is 7.67. The number of aromatic nitrogens is 3. The highest BCUT2D eigenvalue weighted by Gasteiger charge is 2.14. The Kier molecular flexibility index (Phi) is 4.86. The Morgan fingerprint density at radius 2 is 2.04 bits per heavy atom. The molecule has 2 aromatic heterocycles. The van der Waals surface area contributed by atoms with Crippen molar-refractivity contribution in [2.24, 2.45) is 0 Å². The smallest absolute Gasteiger partial charge is 0.261 e. The van der Waals surface area contributed by atoms with Gasteiger partial charge < -0.3 is 10.1 Å². The Labute approximate surface area is 140 Å². The van der Waals surface area contributed by atoms with Crippen LogP contribution in [0.15, 0.2) is 67.1 Å². The van der Waals surface area contributed by atoms with Gasteiger partial charge in [0.2, 0.25) is 0 Å². The first-order valence-corrected chi connectivity index (χ1v) is 7.67. The molecule has 0 unspecified atom stereocenters. The Balaban J connectivity index is 1.57. The quantitative estimate of drug-likeness (QED) is 0.756. The minimum atomic E-state index is -0.570. The van der Waals surface area contributed by atoms with Gasteiger partial charge in [-0.25, -0.2) is 9.67 Å². The number of para-hydroxylation sites is 1. The summed E-state index contributed by atoms with van der Waals surface area (Å²) < 4.78 is 7.28. The van der Waals surface area contributed by atoms with Crippen molar-refractivity contribution >= 4 is 5.91 Å². The zero-order chi connectivity index (χ0) is 16.8. The molecule has 0 saturated carbocycles. The summed E-state index contributed by atoms with van der Waals surface area (Å²) in [4.78, 5) is 16.4. The van der Waals surface area contributed by atoms with Gasteiger partial charge in [-0.05, 0) is 42.8 Å². The minimum Gasteiger partial charge on any atom is -0.481 e. The Morgan fingerprint density at radius 3 is 2.79 bits per heavy atom. The maximum absolute atomic E-state index is 12.2. The number of pyridine rings is 1. The average molecular weight is 322 g/mol. The number of nitrogens with zero attached hydrogens (tertiary/aromatic N) is 3. The van der Waals surface area contributed by atoms with Crippen LogP contribution >= 0.6 is 0 Å². The van der Waals surface area contributed by atoms with Crippen LogP contribution in [0.25, 0.3) is 5.82 Å². The molecule has 6 heteroatoms. The van der Waals surface area contributed by atoms with Gasteiger partial charge in [-0.3, -0.25) is 4.79 Å². The fourth-order valence-electron chi connectivity index (χ4n) is 2.19. The molecule has 6 nitrogen and oxygen atoms in total. The molecule has 0 fully saturated rings. The molecule has 1 aromatic carbocycles. The van der Waals surface area contributed by atoms with Crippen LogP contribution < -0.4 is 10.1 Å². The molecule has 0 aliphatic rings. The van der Waals surface area contributed by atoms with Crippen molar-refractivity contribution in [2.75, 3.05) is 0 Å². The number of carbonyl (C=O) groups excluding carboxylic acids is 1. The first kappa shape index (κ1) is 15.7. The largest absolute Gasteiger partial charge is 0.481 e. The molecule has 0 bridgehead atoms. The molecule has 3 rings (SSSR count). The third kappa shape index (κ3) is 3.98. The van der Waals surface area contributed by atoms with Gasteiger partial charge in [-0.2, -0.15) is 5.10 Å². The number of nitrogens with one attached hydrogen (secondary N) is 1. The molecule has 1 N–H and O–H groups in total. The van der Waals surface area contributed by atoms with Gasteiger partial charge in [-0.15, -0.1) is 0 Å². The molecule has 0 aliphatic carbocycles. The highest BCUT2D eigenvalue weighted by atomic mass is 16.5. The van der Waals surface area contributed by atoms with E-state index < -0.39 is 6.10 Å². The van der Waals surface area contributed by atoms with Crippen molar-refractivity contribution in [3.8, 4) is 11.6 Å². The van der Waals surface area contributed by atoms with E-state index in [-0.39, 0.29) is 5.91 Å². The van der Waals surface area contributed by atoms with E-state index in [1.807, 2.05) is 54.7 Å². The Morgan fingerprint density at radius 1 is 1.21 bits per heavy atom. The van der Waals surface area contributed by atoms with Crippen molar-refractivity contribution in [1.82, 2.24) is 20.1 Å². The molecule has 2 heterocycles. The van der Waals surface area contributed by atoms with E-state index >= 15 is 0 Å². The SMILES string of the molecule is C[C@H](Oc1ccccc1)C(=O)NCc1ccnc(-n2cccn2)c1. The summed E-state index contributed by atoms with van der Waals surface area (Å²) in [6.45, 7) is 2.13. The van der Waals surface area contributed by atoms with Crippen LogP contribution in [-0.4, -0.2) is 26.8 Å². The fourth-order valence-corrected chi connectivity index (χ4v) is 2.19. The Hall–Kier alpha value is -3.15. The number of hydrogen-bond donors (Lipinski definition) is 1. The minimum absolute atomic E-state index is 0.170. The highest BCUT2D eigenvalue weighted by molar-refractivity contribution is 5.80. The highest BCUT2D eigenvalue weighted by Crippen LogP contribution is 2.11. The molecular weight excluding hydrogens is 304 g/mol. The van der Waals surface area contributed by atoms with Crippen LogP contribution in [0.5, 0.6) is 5.75 Å². The molecule has 0 radical (unpaired) electrons. The van der Waals surface area contributed by atoms with Gasteiger partial charge in [0.25, 0.3) is 5.91 Å². The molecule has 1 amide bonds. The number of benzene rings is 1. The second kappa shape index (κ2) is 7.41. The van der Waals surface area contributed by atoms with Gasteiger partial charge in [-0.1, -0.05) is 18.2 Å². The van der Waals surface area contributed by atoms with Crippen molar-refractivity contribution in [3.05, 3.63) is 72.7 Å². The maximum Gasteiger partial charge on any atom is 0.261 e. The number of ether oxygens (including phenoxy) is 1. The molecule has 3 aromatic rings. The van der Waals surface area contributed by atoms with Crippen molar-refractivity contribution < 1.29 is 9.53 Å². The standard InChI is InChI=1S/C18H18N4O2/c1-14(24-16-6-3-2-4-7-16)18(23)20-13-15-8-10-19-17(12-15)22-11-5-9-21-22/h2-12,14H,13H2,1H3,(H,20,23)/t14-/m0/s1. The van der Waals surface area contributed by atoms with Crippen LogP contribution in [-0.2, 0) is 11.3 Å². The van der Waals surface area contributed by atoms with E-state index in [1.54, 1.807) is 24.0 Å². The van der Waals surface area contributed by atoms with Gasteiger partial charge in [0.15, 0.2) is 11.9 Å². The van der Waals surface area contributed by atoms with Gasteiger partial charge in [0.1, 0.15) is 5.75 Å². The lowest BCUT2D eigenvalue weighted by atomic mass is 10.2. The van der Waals surface area contributed by atoms with Gasteiger partial charge in [0, 0.05) is 25.1 Å². The first-order chi connectivity index (χ1) is 11.7. The molecule has 0 spiro atoms. The number of rotatable bonds is 6. The zero-order valence-corrected chi connectivity index (χ0v) is 13.3. The van der Waals surface area contributed by atoms with E-state index in [2.05, 4.69) is 15.4 Å². The molecule has 0 aliphatic heterocycles. The summed E-state index contributed by atoms with van der Waals surface area (Å²) in [7, 11) is 0. The summed E-state index contributed by atoms with van der Waals surface area (Å²) >= 11 is 0. The van der Waals surface area contributed by atoms with Crippen LogP contribution in [0.1, 0.15) is 12.5 Å². The molecule has 24 heavy (non-hydrogen) atoms. The van der Waals surface area contributed by atoms with Crippen LogP contribution in [0.3, 0.4) is 0 Å². The van der Waals surface area contributed by atoms with Crippen LogP contribution in [0.2, 0.25) is 0 Å². The summed E-state index contributed by atoms with van der Waals surface area (Å²) in [5, 5.41) is 7.01. The van der Waals surface area contributed by atoms with Crippen molar-refractivity contribution in [1.29, 1.82) is 0 Å². The second-order valence-electron chi connectivity index (χ2n) is 5.26. The van der Waals surface area contributed by atoms with Crippen molar-refractivity contribution in [3.63, 3.8) is 0 Å². The second-order valence-corrected chi connectivity index (χ2v) is 5.26. The lowest BCUT2D eigenvalue weighted by Crippen LogP contribution is -2.35. The lowest BCUT2D eigenvalue weighted by Gasteiger charge is -2.14. The normalized spacial score (nSPS) is 11.7. The topological polar surface area (TPSA) is 69.0 Å². The summed E-state index contributed by atoms with van der Waals surface area (Å²) in [6.07, 6.45) is 4.64. The van der Waals surface area contributed by atoms with E-state index in [4.69, 9.17) is 4.74 Å². The van der Waals surface area contributed by atoms with E-state index in [9.17, 15) is 4.79 Å². The zero-order valence-electron chi connectivity index (χ0n) is 13.3. The van der Waals surface area contributed by atoms with Gasteiger partial charge in [0.05, 0.1) is 0 Å². The van der Waals surface area contributed by atoms with E-state index in [0.717, 1.165) is 5.56 Å². The number of hydrogen-bond acceptors (Lipinski definition) is 4. The van der Waals surface area contributed by atoms with Crippen LogP contribution in [0, 0.1) is 0 Å². The predicted octanol–water partition coefficient (Wildman–Crippen LogP) is 2.35. The number of amides is 1. The fraction of sp³-hybridized carbons (Fsp3) is 0.167. The van der Waals surface area contributed by atoms with Gasteiger partial charge >= 0.3 is 0 Å². The monoisotopic (exact) mass is 322 g/mol. The summed E-state index contributed by atoms with van der Waals surface area (Å²) in [5.41, 5.74) is 0.941. The Bertz CT molecular complexity index is 788. The predicted molar refractivity (Wildman–Crippen MR) is 89.7 cm³/mol. The molecule has 122 valence electrons. The van der Waals surface area contributed by atoms with Crippen molar-refractivity contribution in [2.45, 2.75) is 19.6 Å².